The van der Waals surface area contributed by atoms with E-state index in [0.29, 0.717) is 6.42 Å². The number of hydrogen-bond acceptors (Lipinski definition) is 2. The Morgan fingerprint density at radius 1 is 1.29 bits per heavy atom. The van der Waals surface area contributed by atoms with Crippen LogP contribution in [-0.2, 0) is 13.0 Å². The maximum absolute atomic E-state index is 8.49. The lowest BCUT2D eigenvalue weighted by Crippen LogP contribution is -2.31. The largest absolute Gasteiger partial charge is 0.299 e. The molecular weight excluding hydrogens is 232 g/mol. The maximum Gasteiger partial charge on any atom is 0.0621 e. The molecule has 0 amide bonds. The van der Waals surface area contributed by atoms with Crippen molar-refractivity contribution < 1.29 is 0 Å². The summed E-state index contributed by atoms with van der Waals surface area (Å²) in [6, 6.07) is 8.39. The fourth-order valence-corrected chi connectivity index (χ4v) is 2.51. The quantitative estimate of drug-likeness (QED) is 0.764. The Kier molecular flexibility index (Phi) is 4.42. The third-order valence-electron chi connectivity index (χ3n) is 3.27. The van der Waals surface area contributed by atoms with Crippen LogP contribution in [0.3, 0.4) is 0 Å². The van der Waals surface area contributed by atoms with E-state index in [9.17, 15) is 0 Å². The monoisotopic (exact) mass is 248 g/mol. The van der Waals surface area contributed by atoms with Crippen LogP contribution >= 0.6 is 11.6 Å². The summed E-state index contributed by atoms with van der Waals surface area (Å²) >= 11 is 6.02. The van der Waals surface area contributed by atoms with E-state index in [1.165, 1.54) is 11.1 Å². The van der Waals surface area contributed by atoms with Crippen LogP contribution in [0.15, 0.2) is 18.2 Å². The van der Waals surface area contributed by atoms with Crippen molar-refractivity contribution in [1.82, 2.24) is 4.90 Å². The molecule has 0 fully saturated rings. The van der Waals surface area contributed by atoms with Crippen molar-refractivity contribution in [2.75, 3.05) is 13.1 Å². The average Bonchev–Trinajstić information content (AvgIpc) is 2.34. The number of hydrogen-bond donors (Lipinski definition) is 0. The summed E-state index contributed by atoms with van der Waals surface area (Å²) in [6.45, 7) is 3.22. The van der Waals surface area contributed by atoms with Gasteiger partial charge in [0.2, 0.25) is 0 Å². The Hall–Kier alpha value is -1.04. The van der Waals surface area contributed by atoms with Crippen molar-refractivity contribution in [3.05, 3.63) is 34.3 Å². The first kappa shape index (κ1) is 12.4. The van der Waals surface area contributed by atoms with Crippen LogP contribution in [-0.4, -0.2) is 18.0 Å². The van der Waals surface area contributed by atoms with Gasteiger partial charge in [-0.1, -0.05) is 17.7 Å². The third-order valence-corrected chi connectivity index (χ3v) is 3.51. The summed E-state index contributed by atoms with van der Waals surface area (Å²) in [6.07, 6.45) is 3.92. The number of rotatable bonds is 4. The van der Waals surface area contributed by atoms with Gasteiger partial charge in [-0.3, -0.25) is 4.90 Å². The van der Waals surface area contributed by atoms with Gasteiger partial charge in [-0.05, 0) is 49.1 Å². The van der Waals surface area contributed by atoms with Gasteiger partial charge in [-0.25, -0.2) is 0 Å². The highest BCUT2D eigenvalue weighted by atomic mass is 35.5. The van der Waals surface area contributed by atoms with Crippen molar-refractivity contribution in [3.8, 4) is 6.07 Å². The summed E-state index contributed by atoms with van der Waals surface area (Å²) in [5.41, 5.74) is 2.80. The summed E-state index contributed by atoms with van der Waals surface area (Å²) in [5.74, 6) is 0. The van der Waals surface area contributed by atoms with Crippen LogP contribution in [0.25, 0.3) is 0 Å². The molecule has 0 unspecified atom stereocenters. The lowest BCUT2D eigenvalue weighted by molar-refractivity contribution is 0.249. The smallest absolute Gasteiger partial charge is 0.0621 e. The van der Waals surface area contributed by atoms with E-state index in [2.05, 4.69) is 23.1 Å². The van der Waals surface area contributed by atoms with Crippen LogP contribution in [0.2, 0.25) is 5.02 Å². The molecule has 0 spiro atoms. The average molecular weight is 249 g/mol. The van der Waals surface area contributed by atoms with Crippen molar-refractivity contribution in [1.29, 1.82) is 5.26 Å². The number of halogens is 1. The minimum absolute atomic E-state index is 0.677. The van der Waals surface area contributed by atoms with E-state index >= 15 is 0 Å². The molecule has 90 valence electrons. The Bertz CT molecular complexity index is 423. The Morgan fingerprint density at radius 3 is 3.00 bits per heavy atom. The summed E-state index contributed by atoms with van der Waals surface area (Å²) < 4.78 is 0. The normalized spacial score (nSPS) is 15.3. The maximum atomic E-state index is 8.49. The lowest BCUT2D eigenvalue weighted by atomic mass is 9.99. The minimum Gasteiger partial charge on any atom is -0.299 e. The Balaban J connectivity index is 1.87. The number of unbranched alkanes of at least 4 members (excludes halogenated alkanes) is 2. The van der Waals surface area contributed by atoms with Gasteiger partial charge in [0.15, 0.2) is 0 Å². The standard InChI is InChI=1S/C14H17ClN2/c15-14-5-4-12-6-9-17(11-13(12)10-14)8-3-1-2-7-16/h4-5,10H,1-3,6,8-9,11H2. The number of nitriles is 1. The van der Waals surface area contributed by atoms with Crippen LogP contribution in [0.5, 0.6) is 0 Å². The molecule has 0 N–H and O–H groups in total. The van der Waals surface area contributed by atoms with E-state index in [0.717, 1.165) is 43.9 Å². The molecule has 0 saturated heterocycles. The minimum atomic E-state index is 0.677. The van der Waals surface area contributed by atoms with Gasteiger partial charge in [0.05, 0.1) is 6.07 Å². The molecule has 0 bridgehead atoms. The molecule has 0 aromatic heterocycles. The molecule has 1 aromatic rings. The molecule has 17 heavy (non-hydrogen) atoms. The summed E-state index contributed by atoms with van der Waals surface area (Å²) in [5, 5.41) is 9.31. The Labute approximate surface area is 108 Å². The van der Waals surface area contributed by atoms with Crippen molar-refractivity contribution in [3.63, 3.8) is 0 Å². The molecule has 0 atom stereocenters. The molecule has 2 nitrogen and oxygen atoms in total. The van der Waals surface area contributed by atoms with Crippen LogP contribution in [0.1, 0.15) is 30.4 Å². The molecule has 1 aromatic carbocycles. The second-order valence-electron chi connectivity index (χ2n) is 4.55. The first-order chi connectivity index (χ1) is 8.29. The molecule has 1 heterocycles. The highest BCUT2D eigenvalue weighted by molar-refractivity contribution is 6.30. The first-order valence-corrected chi connectivity index (χ1v) is 6.54. The number of benzene rings is 1. The van der Waals surface area contributed by atoms with Gasteiger partial charge >= 0.3 is 0 Å². The van der Waals surface area contributed by atoms with Crippen molar-refractivity contribution >= 4 is 11.6 Å². The predicted molar refractivity (Wildman–Crippen MR) is 69.9 cm³/mol. The van der Waals surface area contributed by atoms with Gasteiger partial charge in [0.25, 0.3) is 0 Å². The number of nitrogens with zero attached hydrogens (tertiary/aromatic N) is 2. The van der Waals surface area contributed by atoms with E-state index in [4.69, 9.17) is 16.9 Å². The second kappa shape index (κ2) is 6.05. The van der Waals surface area contributed by atoms with Gasteiger partial charge in [0, 0.05) is 24.5 Å². The van der Waals surface area contributed by atoms with Crippen molar-refractivity contribution in [2.45, 2.75) is 32.2 Å². The molecule has 2 rings (SSSR count). The second-order valence-corrected chi connectivity index (χ2v) is 4.99. The van der Waals surface area contributed by atoms with Crippen LogP contribution < -0.4 is 0 Å². The summed E-state index contributed by atoms with van der Waals surface area (Å²) in [7, 11) is 0. The summed E-state index contributed by atoms with van der Waals surface area (Å²) in [4.78, 5) is 2.45. The molecule has 0 saturated carbocycles. The van der Waals surface area contributed by atoms with E-state index in [1.54, 1.807) is 0 Å². The van der Waals surface area contributed by atoms with Crippen LogP contribution in [0, 0.1) is 11.3 Å². The predicted octanol–water partition coefficient (Wildman–Crippen LogP) is 3.39. The zero-order valence-electron chi connectivity index (χ0n) is 9.95. The first-order valence-electron chi connectivity index (χ1n) is 6.16. The zero-order valence-corrected chi connectivity index (χ0v) is 10.7. The fraction of sp³-hybridized carbons (Fsp3) is 0.500. The molecule has 0 aliphatic carbocycles. The van der Waals surface area contributed by atoms with Gasteiger partial charge < -0.3 is 0 Å². The van der Waals surface area contributed by atoms with Gasteiger partial charge in [0.1, 0.15) is 0 Å². The zero-order chi connectivity index (χ0) is 12.1. The van der Waals surface area contributed by atoms with Gasteiger partial charge in [-0.15, -0.1) is 0 Å². The third kappa shape index (κ3) is 3.46. The topological polar surface area (TPSA) is 27.0 Å². The van der Waals surface area contributed by atoms with Crippen LogP contribution in [0.4, 0.5) is 0 Å². The molecule has 3 heteroatoms. The van der Waals surface area contributed by atoms with Gasteiger partial charge in [-0.2, -0.15) is 5.26 Å². The van der Waals surface area contributed by atoms with E-state index < -0.39 is 0 Å². The molecule has 1 aliphatic heterocycles. The van der Waals surface area contributed by atoms with E-state index in [-0.39, 0.29) is 0 Å². The lowest BCUT2D eigenvalue weighted by Gasteiger charge is -2.28. The fourth-order valence-electron chi connectivity index (χ4n) is 2.31. The molecular formula is C14H17ClN2. The molecule has 0 radical (unpaired) electrons. The van der Waals surface area contributed by atoms with E-state index in [1.807, 2.05) is 6.07 Å². The molecule has 1 aliphatic rings. The SMILES string of the molecule is N#CCCCCN1CCc2ccc(Cl)cc2C1. The Morgan fingerprint density at radius 2 is 2.18 bits per heavy atom. The number of fused-ring (bicyclic) bond motifs is 1. The highest BCUT2D eigenvalue weighted by Crippen LogP contribution is 2.22. The van der Waals surface area contributed by atoms with Crippen molar-refractivity contribution in [2.24, 2.45) is 0 Å². The highest BCUT2D eigenvalue weighted by Gasteiger charge is 2.15.